The van der Waals surface area contributed by atoms with E-state index in [1.807, 2.05) is 6.92 Å². The van der Waals surface area contributed by atoms with E-state index in [1.54, 1.807) is 42.5 Å². The third-order valence-electron chi connectivity index (χ3n) is 3.93. The molecule has 0 atom stereocenters. The Kier molecular flexibility index (Phi) is 4.88. The lowest BCUT2D eigenvalue weighted by atomic mass is 10.1. The van der Waals surface area contributed by atoms with Gasteiger partial charge >= 0.3 is 0 Å². The molecule has 0 aliphatic carbocycles. The maximum absolute atomic E-state index is 12.3. The van der Waals surface area contributed by atoms with Crippen LogP contribution in [0.3, 0.4) is 0 Å². The Balaban J connectivity index is 1.70. The molecule has 0 unspecified atom stereocenters. The smallest absolute Gasteiger partial charge is 0.262 e. The Morgan fingerprint density at radius 2 is 1.69 bits per heavy atom. The summed E-state index contributed by atoms with van der Waals surface area (Å²) in [6.45, 7) is 1.99. The number of amides is 3. The van der Waals surface area contributed by atoms with Crippen LogP contribution in [0.1, 0.15) is 27.6 Å². The molecule has 2 aromatic rings. The summed E-state index contributed by atoms with van der Waals surface area (Å²) in [6.07, 6.45) is 0. The molecule has 1 aliphatic rings. The predicted molar refractivity (Wildman–Crippen MR) is 94.6 cm³/mol. The number of anilines is 1. The molecule has 0 saturated carbocycles. The van der Waals surface area contributed by atoms with Crippen LogP contribution in [-0.2, 0) is 4.79 Å². The largest absolute Gasteiger partial charge is 0.493 e. The van der Waals surface area contributed by atoms with Gasteiger partial charge in [0.2, 0.25) is 5.91 Å². The van der Waals surface area contributed by atoms with Gasteiger partial charge in [0.15, 0.2) is 11.5 Å². The zero-order chi connectivity index (χ0) is 18.7. The van der Waals surface area contributed by atoms with Crippen LogP contribution in [0.25, 0.3) is 0 Å². The van der Waals surface area contributed by atoms with Crippen molar-refractivity contribution in [3.05, 3.63) is 53.6 Å². The van der Waals surface area contributed by atoms with E-state index in [0.717, 1.165) is 4.90 Å². The van der Waals surface area contributed by atoms with Crippen LogP contribution in [0.15, 0.2) is 42.5 Å². The first kappa shape index (κ1) is 17.5. The average molecular weight is 354 g/mol. The van der Waals surface area contributed by atoms with E-state index >= 15 is 0 Å². The van der Waals surface area contributed by atoms with E-state index < -0.39 is 17.7 Å². The molecule has 0 aromatic heterocycles. The topological polar surface area (TPSA) is 84.9 Å². The fourth-order valence-corrected chi connectivity index (χ4v) is 2.75. The molecule has 134 valence electrons. The molecular formula is C19H18N2O5. The van der Waals surface area contributed by atoms with Crippen LogP contribution >= 0.6 is 0 Å². The molecule has 1 heterocycles. The number of benzene rings is 2. The van der Waals surface area contributed by atoms with Crippen LogP contribution in [0.4, 0.5) is 5.69 Å². The zero-order valence-electron chi connectivity index (χ0n) is 14.4. The van der Waals surface area contributed by atoms with E-state index in [1.165, 1.54) is 7.11 Å². The maximum Gasteiger partial charge on any atom is 0.262 e. The molecule has 2 aromatic carbocycles. The molecule has 7 nitrogen and oxygen atoms in total. The first-order valence-corrected chi connectivity index (χ1v) is 8.11. The Morgan fingerprint density at radius 1 is 1.04 bits per heavy atom. The summed E-state index contributed by atoms with van der Waals surface area (Å²) >= 11 is 0. The van der Waals surface area contributed by atoms with Crippen molar-refractivity contribution >= 4 is 23.4 Å². The average Bonchev–Trinajstić information content (AvgIpc) is 2.88. The Bertz CT molecular complexity index is 843. The van der Waals surface area contributed by atoms with Gasteiger partial charge in [-0.05, 0) is 31.2 Å². The number of nitrogens with zero attached hydrogens (tertiary/aromatic N) is 1. The fourth-order valence-electron chi connectivity index (χ4n) is 2.75. The molecule has 0 spiro atoms. The van der Waals surface area contributed by atoms with Crippen molar-refractivity contribution in [2.24, 2.45) is 0 Å². The van der Waals surface area contributed by atoms with Gasteiger partial charge in [0.25, 0.3) is 11.8 Å². The van der Waals surface area contributed by atoms with Crippen molar-refractivity contribution < 1.29 is 23.9 Å². The maximum atomic E-state index is 12.3. The lowest BCUT2D eigenvalue weighted by Crippen LogP contribution is -2.37. The summed E-state index contributed by atoms with van der Waals surface area (Å²) < 4.78 is 10.7. The van der Waals surface area contributed by atoms with E-state index in [0.29, 0.717) is 34.9 Å². The number of imide groups is 1. The van der Waals surface area contributed by atoms with Crippen molar-refractivity contribution in [2.45, 2.75) is 6.92 Å². The normalized spacial score (nSPS) is 12.8. The van der Waals surface area contributed by atoms with Gasteiger partial charge < -0.3 is 14.8 Å². The summed E-state index contributed by atoms with van der Waals surface area (Å²) in [6, 6.07) is 11.5. The molecule has 7 heteroatoms. The lowest BCUT2D eigenvalue weighted by Gasteiger charge is -2.15. The molecular weight excluding hydrogens is 336 g/mol. The van der Waals surface area contributed by atoms with E-state index in [9.17, 15) is 14.4 Å². The van der Waals surface area contributed by atoms with E-state index in [2.05, 4.69) is 5.32 Å². The summed E-state index contributed by atoms with van der Waals surface area (Å²) in [4.78, 5) is 37.8. The Hall–Kier alpha value is -3.35. The van der Waals surface area contributed by atoms with E-state index in [-0.39, 0.29) is 6.54 Å². The number of methoxy groups -OCH3 is 1. The van der Waals surface area contributed by atoms with E-state index in [4.69, 9.17) is 9.47 Å². The Morgan fingerprint density at radius 3 is 2.27 bits per heavy atom. The number of carbonyl (C=O) groups is 3. The van der Waals surface area contributed by atoms with Crippen LogP contribution in [-0.4, -0.2) is 42.9 Å². The van der Waals surface area contributed by atoms with Crippen LogP contribution < -0.4 is 14.8 Å². The number of carbonyl (C=O) groups excluding carboxylic acids is 3. The predicted octanol–water partition coefficient (Wildman–Crippen LogP) is 2.33. The van der Waals surface area contributed by atoms with Gasteiger partial charge in [0, 0.05) is 11.8 Å². The van der Waals surface area contributed by atoms with Crippen molar-refractivity contribution in [3.63, 3.8) is 0 Å². The first-order chi connectivity index (χ1) is 12.5. The summed E-state index contributed by atoms with van der Waals surface area (Å²) in [5, 5.41) is 2.66. The molecule has 3 amide bonds. The highest BCUT2D eigenvalue weighted by molar-refractivity contribution is 6.22. The van der Waals surface area contributed by atoms with Crippen LogP contribution in [0, 0.1) is 0 Å². The minimum Gasteiger partial charge on any atom is -0.493 e. The number of nitrogens with one attached hydrogen (secondary N) is 1. The van der Waals surface area contributed by atoms with Crippen LogP contribution in [0.5, 0.6) is 11.5 Å². The number of fused-ring (bicyclic) bond motifs is 1. The van der Waals surface area contributed by atoms with Gasteiger partial charge in [-0.2, -0.15) is 0 Å². The monoisotopic (exact) mass is 354 g/mol. The first-order valence-electron chi connectivity index (χ1n) is 8.11. The second-order valence-electron chi connectivity index (χ2n) is 5.59. The number of hydrogen-bond donors (Lipinski definition) is 1. The number of rotatable bonds is 6. The molecule has 1 aliphatic heterocycles. The molecule has 1 N–H and O–H groups in total. The van der Waals surface area contributed by atoms with Gasteiger partial charge in [0.05, 0.1) is 24.8 Å². The van der Waals surface area contributed by atoms with Crippen LogP contribution in [0.2, 0.25) is 0 Å². The van der Waals surface area contributed by atoms with Gasteiger partial charge in [-0.15, -0.1) is 0 Å². The minimum absolute atomic E-state index is 0.313. The van der Waals surface area contributed by atoms with Gasteiger partial charge in [0.1, 0.15) is 6.54 Å². The standard InChI is InChI=1S/C19H18N2O5/c1-3-26-15-9-8-12(10-16(15)25-2)20-17(22)11-21-18(23)13-6-4-5-7-14(13)19(21)24/h4-10H,3,11H2,1-2H3,(H,20,22). The third kappa shape index (κ3) is 3.23. The highest BCUT2D eigenvalue weighted by Crippen LogP contribution is 2.30. The molecule has 26 heavy (non-hydrogen) atoms. The van der Waals surface area contributed by atoms with Gasteiger partial charge in [-0.25, -0.2) is 0 Å². The number of ether oxygens (including phenoxy) is 2. The lowest BCUT2D eigenvalue weighted by molar-refractivity contribution is -0.116. The van der Waals surface area contributed by atoms with Crippen molar-refractivity contribution in [1.29, 1.82) is 0 Å². The highest BCUT2D eigenvalue weighted by Gasteiger charge is 2.36. The molecule has 0 fully saturated rings. The van der Waals surface area contributed by atoms with Crippen molar-refractivity contribution in [3.8, 4) is 11.5 Å². The summed E-state index contributed by atoms with van der Waals surface area (Å²) in [5.41, 5.74) is 1.10. The summed E-state index contributed by atoms with van der Waals surface area (Å²) in [7, 11) is 1.50. The van der Waals surface area contributed by atoms with Crippen molar-refractivity contribution in [1.82, 2.24) is 4.90 Å². The van der Waals surface area contributed by atoms with Gasteiger partial charge in [-0.1, -0.05) is 12.1 Å². The SMILES string of the molecule is CCOc1ccc(NC(=O)CN2C(=O)c3ccccc3C2=O)cc1OC. The zero-order valence-corrected chi connectivity index (χ0v) is 14.4. The van der Waals surface area contributed by atoms with Gasteiger partial charge in [-0.3, -0.25) is 19.3 Å². The molecule has 0 radical (unpaired) electrons. The second kappa shape index (κ2) is 7.26. The quantitative estimate of drug-likeness (QED) is 0.805. The Labute approximate surface area is 150 Å². The third-order valence-corrected chi connectivity index (χ3v) is 3.93. The number of hydrogen-bond acceptors (Lipinski definition) is 5. The molecule has 3 rings (SSSR count). The summed E-state index contributed by atoms with van der Waals surface area (Å²) in [5.74, 6) is -0.375. The van der Waals surface area contributed by atoms with Crippen molar-refractivity contribution in [2.75, 3.05) is 25.6 Å². The highest BCUT2D eigenvalue weighted by atomic mass is 16.5. The molecule has 0 saturated heterocycles. The fraction of sp³-hybridized carbons (Fsp3) is 0.211. The minimum atomic E-state index is -0.481. The second-order valence-corrected chi connectivity index (χ2v) is 5.59. The molecule has 0 bridgehead atoms.